The highest BCUT2D eigenvalue weighted by Gasteiger charge is 2.21. The number of benzene rings is 2. The summed E-state index contributed by atoms with van der Waals surface area (Å²) in [6.45, 7) is 4.62. The van der Waals surface area contributed by atoms with Crippen molar-refractivity contribution in [3.05, 3.63) is 64.1 Å². The van der Waals surface area contributed by atoms with Gasteiger partial charge in [-0.25, -0.2) is 0 Å². The molecule has 25 heavy (non-hydrogen) atoms. The first-order valence-electron chi connectivity index (χ1n) is 8.27. The summed E-state index contributed by atoms with van der Waals surface area (Å²) in [5.41, 5.74) is 1.31. The highest BCUT2D eigenvalue weighted by molar-refractivity contribution is 6.37. The van der Waals surface area contributed by atoms with Crippen LogP contribution in [0.25, 0.3) is 0 Å². The first kappa shape index (κ1) is 18.2. The van der Waals surface area contributed by atoms with E-state index in [1.807, 2.05) is 30.3 Å². The third-order valence-corrected chi connectivity index (χ3v) is 4.77. The summed E-state index contributed by atoms with van der Waals surface area (Å²) in [5.74, 6) is -0.124. The van der Waals surface area contributed by atoms with Gasteiger partial charge in [-0.1, -0.05) is 41.4 Å². The second-order valence-corrected chi connectivity index (χ2v) is 6.71. The molecule has 0 aromatic heterocycles. The number of carbonyl (C=O) groups is 1. The van der Waals surface area contributed by atoms with E-state index in [0.29, 0.717) is 22.2 Å². The summed E-state index contributed by atoms with van der Waals surface area (Å²) < 4.78 is 5.38. The van der Waals surface area contributed by atoms with Crippen molar-refractivity contribution in [2.45, 2.75) is 0 Å². The number of carbonyl (C=O) groups excluding carboxylic acids is 1. The van der Waals surface area contributed by atoms with E-state index in [1.165, 1.54) is 0 Å². The van der Waals surface area contributed by atoms with E-state index < -0.39 is 0 Å². The number of amides is 1. The maximum absolute atomic E-state index is 13.1. The lowest BCUT2D eigenvalue weighted by atomic mass is 10.1. The first-order chi connectivity index (χ1) is 12.1. The zero-order valence-corrected chi connectivity index (χ0v) is 15.3. The molecule has 0 unspecified atom stereocenters. The van der Waals surface area contributed by atoms with Crippen molar-refractivity contribution >= 4 is 34.8 Å². The van der Waals surface area contributed by atoms with Gasteiger partial charge < -0.3 is 9.64 Å². The van der Waals surface area contributed by atoms with E-state index in [2.05, 4.69) is 4.90 Å². The van der Waals surface area contributed by atoms with Crippen molar-refractivity contribution in [3.63, 3.8) is 0 Å². The van der Waals surface area contributed by atoms with Crippen LogP contribution in [0.2, 0.25) is 10.0 Å². The largest absolute Gasteiger partial charge is 0.379 e. The number of halogens is 2. The van der Waals surface area contributed by atoms with Gasteiger partial charge in [-0.05, 0) is 30.3 Å². The van der Waals surface area contributed by atoms with E-state index in [-0.39, 0.29) is 5.91 Å². The molecule has 0 bridgehead atoms. The summed E-state index contributed by atoms with van der Waals surface area (Å²) in [6.07, 6.45) is 0. The summed E-state index contributed by atoms with van der Waals surface area (Å²) in [7, 11) is 0. The van der Waals surface area contributed by atoms with Crippen LogP contribution < -0.4 is 4.90 Å². The van der Waals surface area contributed by atoms with Gasteiger partial charge in [0, 0.05) is 36.9 Å². The van der Waals surface area contributed by atoms with E-state index >= 15 is 0 Å². The molecule has 6 heteroatoms. The Hall–Kier alpha value is -1.59. The summed E-state index contributed by atoms with van der Waals surface area (Å²) in [4.78, 5) is 17.2. The van der Waals surface area contributed by atoms with Crippen LogP contribution in [0.3, 0.4) is 0 Å². The molecule has 2 aromatic rings. The molecule has 132 valence electrons. The number of hydrogen-bond acceptors (Lipinski definition) is 3. The maximum atomic E-state index is 13.1. The molecule has 1 fully saturated rings. The lowest BCUT2D eigenvalue weighted by Crippen LogP contribution is -2.43. The molecule has 4 nitrogen and oxygen atoms in total. The van der Waals surface area contributed by atoms with Crippen LogP contribution >= 0.6 is 23.2 Å². The van der Waals surface area contributed by atoms with Crippen molar-refractivity contribution < 1.29 is 9.53 Å². The molecule has 0 atom stereocenters. The van der Waals surface area contributed by atoms with E-state index in [9.17, 15) is 4.79 Å². The summed E-state index contributed by atoms with van der Waals surface area (Å²) in [6, 6.07) is 14.6. The Morgan fingerprint density at radius 3 is 2.48 bits per heavy atom. The predicted octanol–water partition coefficient (Wildman–Crippen LogP) is 3.97. The molecule has 0 radical (unpaired) electrons. The molecule has 1 saturated heterocycles. The van der Waals surface area contributed by atoms with Crippen LogP contribution in [-0.2, 0) is 4.74 Å². The zero-order valence-electron chi connectivity index (χ0n) is 13.8. The van der Waals surface area contributed by atoms with E-state index in [1.54, 1.807) is 23.1 Å². The Balaban J connectivity index is 1.81. The average Bonchev–Trinajstić information content (AvgIpc) is 2.63. The van der Waals surface area contributed by atoms with Gasteiger partial charge in [-0.15, -0.1) is 0 Å². The average molecular weight is 379 g/mol. The molecule has 0 saturated carbocycles. The highest BCUT2D eigenvalue weighted by atomic mass is 35.5. The predicted molar refractivity (Wildman–Crippen MR) is 102 cm³/mol. The second kappa shape index (κ2) is 8.68. The van der Waals surface area contributed by atoms with Crippen molar-refractivity contribution in [2.24, 2.45) is 0 Å². The number of morpholine rings is 1. The first-order valence-corrected chi connectivity index (χ1v) is 9.03. The fourth-order valence-corrected chi connectivity index (χ4v) is 3.32. The Kier molecular flexibility index (Phi) is 6.32. The standard InChI is InChI=1S/C19H20Cl2N2O2/c20-15-6-7-17(18(21)14-15)19(24)23(16-4-2-1-3-5-16)9-8-22-10-12-25-13-11-22/h1-7,14H,8-13H2. The Morgan fingerprint density at radius 2 is 1.80 bits per heavy atom. The minimum absolute atomic E-state index is 0.124. The zero-order chi connectivity index (χ0) is 17.6. The number of nitrogens with zero attached hydrogens (tertiary/aromatic N) is 2. The van der Waals surface area contributed by atoms with Crippen LogP contribution in [0, 0.1) is 0 Å². The molecule has 0 spiro atoms. The topological polar surface area (TPSA) is 32.8 Å². The second-order valence-electron chi connectivity index (χ2n) is 5.87. The Labute approximate surface area is 157 Å². The number of anilines is 1. The Morgan fingerprint density at radius 1 is 1.08 bits per heavy atom. The quantitative estimate of drug-likeness (QED) is 0.788. The summed E-state index contributed by atoms with van der Waals surface area (Å²) >= 11 is 12.2. The van der Waals surface area contributed by atoms with Gasteiger partial charge in [-0.2, -0.15) is 0 Å². The molecular weight excluding hydrogens is 359 g/mol. The minimum Gasteiger partial charge on any atom is -0.379 e. The molecule has 1 aliphatic heterocycles. The molecular formula is C19H20Cl2N2O2. The lowest BCUT2D eigenvalue weighted by molar-refractivity contribution is 0.0391. The van der Waals surface area contributed by atoms with Crippen molar-refractivity contribution in [1.82, 2.24) is 4.90 Å². The molecule has 0 N–H and O–H groups in total. The van der Waals surface area contributed by atoms with E-state index in [0.717, 1.165) is 38.5 Å². The number of hydrogen-bond donors (Lipinski definition) is 0. The third kappa shape index (κ3) is 4.73. The van der Waals surface area contributed by atoms with Crippen molar-refractivity contribution in [2.75, 3.05) is 44.3 Å². The highest BCUT2D eigenvalue weighted by Crippen LogP contribution is 2.24. The van der Waals surface area contributed by atoms with Gasteiger partial charge in [0.2, 0.25) is 0 Å². The van der Waals surface area contributed by atoms with Gasteiger partial charge in [0.25, 0.3) is 5.91 Å². The molecule has 1 amide bonds. The van der Waals surface area contributed by atoms with E-state index in [4.69, 9.17) is 27.9 Å². The summed E-state index contributed by atoms with van der Waals surface area (Å²) in [5, 5.41) is 0.880. The van der Waals surface area contributed by atoms with Crippen molar-refractivity contribution in [1.29, 1.82) is 0 Å². The number of ether oxygens (including phenoxy) is 1. The van der Waals surface area contributed by atoms with Gasteiger partial charge >= 0.3 is 0 Å². The van der Waals surface area contributed by atoms with Crippen molar-refractivity contribution in [3.8, 4) is 0 Å². The maximum Gasteiger partial charge on any atom is 0.259 e. The molecule has 1 heterocycles. The van der Waals surface area contributed by atoms with Gasteiger partial charge in [-0.3, -0.25) is 9.69 Å². The fourth-order valence-electron chi connectivity index (χ4n) is 2.83. The van der Waals surface area contributed by atoms with Gasteiger partial charge in [0.1, 0.15) is 0 Å². The normalized spacial score (nSPS) is 15.1. The lowest BCUT2D eigenvalue weighted by Gasteiger charge is -2.30. The molecule has 0 aliphatic carbocycles. The monoisotopic (exact) mass is 378 g/mol. The van der Waals surface area contributed by atoms with Crippen LogP contribution in [0.4, 0.5) is 5.69 Å². The van der Waals surface area contributed by atoms with Crippen LogP contribution in [-0.4, -0.2) is 50.2 Å². The van der Waals surface area contributed by atoms with Gasteiger partial charge in [0.15, 0.2) is 0 Å². The minimum atomic E-state index is -0.124. The number of rotatable bonds is 5. The molecule has 1 aliphatic rings. The number of para-hydroxylation sites is 1. The van der Waals surface area contributed by atoms with Crippen LogP contribution in [0.15, 0.2) is 48.5 Å². The fraction of sp³-hybridized carbons (Fsp3) is 0.316. The Bertz CT molecular complexity index is 719. The third-order valence-electron chi connectivity index (χ3n) is 4.22. The molecule has 2 aromatic carbocycles. The van der Waals surface area contributed by atoms with Crippen LogP contribution in [0.5, 0.6) is 0 Å². The van der Waals surface area contributed by atoms with Gasteiger partial charge in [0.05, 0.1) is 23.8 Å². The van der Waals surface area contributed by atoms with Crippen LogP contribution in [0.1, 0.15) is 10.4 Å². The smallest absolute Gasteiger partial charge is 0.259 e. The SMILES string of the molecule is O=C(c1ccc(Cl)cc1Cl)N(CCN1CCOCC1)c1ccccc1. The molecule has 3 rings (SSSR count).